The lowest BCUT2D eigenvalue weighted by molar-refractivity contribution is -0.153. The lowest BCUT2D eigenvalue weighted by Crippen LogP contribution is -2.38. The Morgan fingerprint density at radius 2 is 2.19 bits per heavy atom. The quantitative estimate of drug-likeness (QED) is 0.749. The predicted molar refractivity (Wildman–Crippen MR) is 92.7 cm³/mol. The van der Waals surface area contributed by atoms with Gasteiger partial charge in [-0.2, -0.15) is 5.10 Å². The van der Waals surface area contributed by atoms with E-state index in [0.29, 0.717) is 12.0 Å². The normalized spacial score (nSPS) is 16.6. The van der Waals surface area contributed by atoms with E-state index in [0.717, 1.165) is 11.4 Å². The van der Waals surface area contributed by atoms with Crippen LogP contribution in [0.15, 0.2) is 24.3 Å². The van der Waals surface area contributed by atoms with Crippen LogP contribution in [0.1, 0.15) is 29.8 Å². The highest BCUT2D eigenvalue weighted by molar-refractivity contribution is 6.31. The molecule has 0 aliphatic carbocycles. The van der Waals surface area contributed by atoms with Crippen molar-refractivity contribution >= 4 is 23.5 Å². The number of nitrogens with zero attached hydrogens (tertiary/aromatic N) is 3. The maximum absolute atomic E-state index is 13.3. The number of esters is 1. The summed E-state index contributed by atoms with van der Waals surface area (Å²) in [7, 11) is 1.80. The van der Waals surface area contributed by atoms with E-state index in [4.69, 9.17) is 16.3 Å². The van der Waals surface area contributed by atoms with Gasteiger partial charge in [-0.15, -0.1) is 0 Å². The zero-order chi connectivity index (χ0) is 18.8. The number of amides is 1. The van der Waals surface area contributed by atoms with Crippen molar-refractivity contribution in [3.05, 3.63) is 52.1 Å². The number of halogens is 2. The van der Waals surface area contributed by atoms with Crippen LogP contribution < -0.4 is 0 Å². The summed E-state index contributed by atoms with van der Waals surface area (Å²) in [6.07, 6.45) is -0.210. The van der Waals surface area contributed by atoms with E-state index in [1.165, 1.54) is 12.1 Å². The van der Waals surface area contributed by atoms with Crippen molar-refractivity contribution in [1.82, 2.24) is 14.7 Å². The second kappa shape index (κ2) is 7.45. The fraction of sp³-hybridized carbons (Fsp3) is 0.389. The van der Waals surface area contributed by atoms with E-state index in [-0.39, 0.29) is 36.4 Å². The van der Waals surface area contributed by atoms with E-state index in [1.807, 2.05) is 13.0 Å². The molecule has 0 spiro atoms. The van der Waals surface area contributed by atoms with Crippen LogP contribution in [0, 0.1) is 12.7 Å². The second-order valence-corrected chi connectivity index (χ2v) is 6.76. The van der Waals surface area contributed by atoms with Crippen molar-refractivity contribution in [1.29, 1.82) is 0 Å². The molecule has 1 amide bonds. The number of hydrogen-bond donors (Lipinski definition) is 0. The van der Waals surface area contributed by atoms with Crippen molar-refractivity contribution < 1.29 is 18.7 Å². The minimum Gasteiger partial charge on any atom is -0.452 e. The van der Waals surface area contributed by atoms with Crippen molar-refractivity contribution in [2.75, 3.05) is 0 Å². The summed E-state index contributed by atoms with van der Waals surface area (Å²) in [5.41, 5.74) is 2.28. The molecule has 0 unspecified atom stereocenters. The molecule has 1 aliphatic heterocycles. The Bertz CT molecular complexity index is 852. The molecule has 26 heavy (non-hydrogen) atoms. The molecule has 8 heteroatoms. The average molecular weight is 380 g/mol. The first-order chi connectivity index (χ1) is 12.3. The summed E-state index contributed by atoms with van der Waals surface area (Å²) in [6, 6.07) is 5.94. The number of hydrogen-bond acceptors (Lipinski definition) is 4. The van der Waals surface area contributed by atoms with Gasteiger partial charge in [0.05, 0.1) is 17.9 Å². The highest BCUT2D eigenvalue weighted by Gasteiger charge is 2.33. The van der Waals surface area contributed by atoms with Gasteiger partial charge in [-0.3, -0.25) is 14.3 Å². The SMILES string of the molecule is Cc1cc(CN(Cc2ccc(F)cc2Cl)C(=O)[C@@H]2CCC(=O)O2)n(C)n1. The van der Waals surface area contributed by atoms with Gasteiger partial charge < -0.3 is 9.64 Å². The molecule has 2 aromatic rings. The van der Waals surface area contributed by atoms with Gasteiger partial charge in [0, 0.05) is 31.5 Å². The van der Waals surface area contributed by atoms with Crippen molar-refractivity contribution in [3.63, 3.8) is 0 Å². The Kier molecular flexibility index (Phi) is 5.27. The largest absolute Gasteiger partial charge is 0.452 e. The standard InChI is InChI=1S/C18H19ClFN3O3/c1-11-7-14(22(2)21-11)10-23(18(25)16-5-6-17(24)26-16)9-12-3-4-13(20)8-15(12)19/h3-4,7-8,16H,5-6,9-10H2,1-2H3/t16-/m0/s1. The number of rotatable bonds is 5. The number of carbonyl (C=O) groups excluding carboxylic acids is 2. The maximum Gasteiger partial charge on any atom is 0.306 e. The highest BCUT2D eigenvalue weighted by atomic mass is 35.5. The van der Waals surface area contributed by atoms with E-state index in [1.54, 1.807) is 22.7 Å². The minimum absolute atomic E-state index is 0.177. The first kappa shape index (κ1) is 18.4. The molecule has 1 aliphatic rings. The zero-order valence-corrected chi connectivity index (χ0v) is 15.3. The van der Waals surface area contributed by atoms with Crippen LogP contribution in [-0.4, -0.2) is 32.7 Å². The molecular weight excluding hydrogens is 361 g/mol. The molecule has 1 aromatic carbocycles. The van der Waals surface area contributed by atoms with Gasteiger partial charge in [-0.05, 0) is 30.7 Å². The fourth-order valence-electron chi connectivity index (χ4n) is 2.98. The topological polar surface area (TPSA) is 64.4 Å². The third-order valence-corrected chi connectivity index (χ3v) is 4.65. The van der Waals surface area contributed by atoms with Crippen LogP contribution >= 0.6 is 11.6 Å². The van der Waals surface area contributed by atoms with Crippen LogP contribution in [0.2, 0.25) is 5.02 Å². The molecule has 0 saturated carbocycles. The fourth-order valence-corrected chi connectivity index (χ4v) is 3.21. The Hall–Kier alpha value is -2.41. The van der Waals surface area contributed by atoms with Gasteiger partial charge in [-0.1, -0.05) is 17.7 Å². The first-order valence-electron chi connectivity index (χ1n) is 8.25. The molecule has 1 fully saturated rings. The number of aryl methyl sites for hydroxylation is 2. The smallest absolute Gasteiger partial charge is 0.306 e. The molecule has 1 atom stereocenters. The number of cyclic esters (lactones) is 1. The molecule has 0 radical (unpaired) electrons. The lowest BCUT2D eigenvalue weighted by Gasteiger charge is -2.25. The number of aromatic nitrogens is 2. The molecule has 2 heterocycles. The summed E-state index contributed by atoms with van der Waals surface area (Å²) < 4.78 is 20.1. The van der Waals surface area contributed by atoms with E-state index in [2.05, 4.69) is 5.10 Å². The van der Waals surface area contributed by atoms with Crippen molar-refractivity contribution in [2.24, 2.45) is 7.05 Å². The Labute approximate surface area is 155 Å². The highest BCUT2D eigenvalue weighted by Crippen LogP contribution is 2.23. The molecule has 1 aromatic heterocycles. The van der Waals surface area contributed by atoms with Crippen LogP contribution in [0.3, 0.4) is 0 Å². The summed E-state index contributed by atoms with van der Waals surface area (Å²) in [6.45, 7) is 2.32. The Morgan fingerprint density at radius 1 is 1.42 bits per heavy atom. The number of benzene rings is 1. The minimum atomic E-state index is -0.795. The number of ether oxygens (including phenoxy) is 1. The van der Waals surface area contributed by atoms with E-state index in [9.17, 15) is 14.0 Å². The second-order valence-electron chi connectivity index (χ2n) is 6.35. The molecule has 6 nitrogen and oxygen atoms in total. The Balaban J connectivity index is 1.86. The molecule has 0 bridgehead atoms. The van der Waals surface area contributed by atoms with Crippen LogP contribution in [0.25, 0.3) is 0 Å². The van der Waals surface area contributed by atoms with E-state index >= 15 is 0 Å². The summed E-state index contributed by atoms with van der Waals surface area (Å²) in [4.78, 5) is 25.8. The average Bonchev–Trinajstić information content (AvgIpc) is 3.14. The summed E-state index contributed by atoms with van der Waals surface area (Å²) in [5, 5.41) is 4.53. The summed E-state index contributed by atoms with van der Waals surface area (Å²) in [5.74, 6) is -1.11. The van der Waals surface area contributed by atoms with Gasteiger partial charge in [0.1, 0.15) is 5.82 Å². The van der Waals surface area contributed by atoms with E-state index < -0.39 is 11.9 Å². The van der Waals surface area contributed by atoms with Crippen LogP contribution in [0.4, 0.5) is 4.39 Å². The molecule has 3 rings (SSSR count). The van der Waals surface area contributed by atoms with Gasteiger partial charge in [0.15, 0.2) is 6.10 Å². The molecule has 0 N–H and O–H groups in total. The van der Waals surface area contributed by atoms with Gasteiger partial charge in [-0.25, -0.2) is 4.39 Å². The number of carbonyl (C=O) groups is 2. The van der Waals surface area contributed by atoms with Gasteiger partial charge in [0.25, 0.3) is 5.91 Å². The third kappa shape index (κ3) is 4.04. The summed E-state index contributed by atoms with van der Waals surface area (Å²) >= 11 is 6.12. The van der Waals surface area contributed by atoms with Crippen molar-refractivity contribution in [3.8, 4) is 0 Å². The van der Waals surface area contributed by atoms with Gasteiger partial charge in [0.2, 0.25) is 0 Å². The lowest BCUT2D eigenvalue weighted by atomic mass is 10.1. The third-order valence-electron chi connectivity index (χ3n) is 4.30. The molecule has 1 saturated heterocycles. The first-order valence-corrected chi connectivity index (χ1v) is 8.63. The molecule has 138 valence electrons. The zero-order valence-electron chi connectivity index (χ0n) is 14.5. The Morgan fingerprint density at radius 3 is 2.77 bits per heavy atom. The van der Waals surface area contributed by atoms with Crippen molar-refractivity contribution in [2.45, 2.75) is 39.0 Å². The van der Waals surface area contributed by atoms with Crippen LogP contribution in [-0.2, 0) is 34.5 Å². The molecular formula is C18H19ClFN3O3. The van der Waals surface area contributed by atoms with Crippen LogP contribution in [0.5, 0.6) is 0 Å². The maximum atomic E-state index is 13.3. The van der Waals surface area contributed by atoms with Gasteiger partial charge >= 0.3 is 5.97 Å². The predicted octanol–water partition coefficient (Wildman–Crippen LogP) is 2.76. The monoisotopic (exact) mass is 379 g/mol.